The van der Waals surface area contributed by atoms with E-state index >= 15 is 0 Å². The van der Waals surface area contributed by atoms with Gasteiger partial charge in [0.25, 0.3) is 5.22 Å². The number of aromatic nitrogens is 2. The van der Waals surface area contributed by atoms with Gasteiger partial charge >= 0.3 is 0 Å². The monoisotopic (exact) mass is 359 g/mol. The minimum absolute atomic E-state index is 0.0330. The second-order valence-corrected chi connectivity index (χ2v) is 8.04. The van der Waals surface area contributed by atoms with Crippen LogP contribution >= 0.6 is 11.8 Å². The number of hydrogen-bond donors (Lipinski definition) is 1. The maximum absolute atomic E-state index is 12.3. The number of carbonyl (C=O) groups is 1. The number of thioether (sulfide) groups is 1. The molecular formula is C19H25N3O2S. The smallest absolute Gasteiger partial charge is 0.277 e. The molecule has 2 aromatic rings. The van der Waals surface area contributed by atoms with Crippen molar-refractivity contribution in [2.75, 3.05) is 6.54 Å². The first kappa shape index (κ1) is 18.0. The topological polar surface area (TPSA) is 68.0 Å². The molecule has 1 aliphatic carbocycles. The van der Waals surface area contributed by atoms with Crippen LogP contribution in [0.15, 0.2) is 33.9 Å². The summed E-state index contributed by atoms with van der Waals surface area (Å²) in [5, 5.41) is 11.4. The summed E-state index contributed by atoms with van der Waals surface area (Å²) in [7, 11) is 0. The molecule has 1 aromatic carbocycles. The highest BCUT2D eigenvalue weighted by molar-refractivity contribution is 8.00. The highest BCUT2D eigenvalue weighted by Crippen LogP contribution is 2.27. The van der Waals surface area contributed by atoms with Crippen LogP contribution < -0.4 is 5.32 Å². The Morgan fingerprint density at radius 2 is 1.96 bits per heavy atom. The molecule has 1 aliphatic rings. The summed E-state index contributed by atoms with van der Waals surface area (Å²) in [5.74, 6) is 1.15. The SMILES string of the molecule is Cc1ccc(-c2nnc(S[C@H](C)C(=O)NCC3CCCCC3)o2)cc1. The van der Waals surface area contributed by atoms with Crippen LogP contribution in [0.4, 0.5) is 0 Å². The van der Waals surface area contributed by atoms with Crippen LogP contribution in [0.25, 0.3) is 11.5 Å². The molecule has 5 nitrogen and oxygen atoms in total. The molecule has 3 rings (SSSR count). The Morgan fingerprint density at radius 3 is 2.68 bits per heavy atom. The summed E-state index contributed by atoms with van der Waals surface area (Å²) in [6.45, 7) is 4.69. The number of carbonyl (C=O) groups excluding carboxylic acids is 1. The van der Waals surface area contributed by atoms with Gasteiger partial charge in [-0.15, -0.1) is 10.2 Å². The van der Waals surface area contributed by atoms with E-state index in [0.29, 0.717) is 17.0 Å². The Balaban J connectivity index is 1.51. The molecule has 0 aliphatic heterocycles. The third-order valence-electron chi connectivity index (χ3n) is 4.64. The van der Waals surface area contributed by atoms with E-state index in [0.717, 1.165) is 12.1 Å². The molecule has 134 valence electrons. The number of nitrogens with one attached hydrogen (secondary N) is 1. The lowest BCUT2D eigenvalue weighted by molar-refractivity contribution is -0.120. The van der Waals surface area contributed by atoms with Gasteiger partial charge in [0.05, 0.1) is 5.25 Å². The molecule has 1 amide bonds. The summed E-state index contributed by atoms with van der Waals surface area (Å²) in [6, 6.07) is 7.93. The highest BCUT2D eigenvalue weighted by Gasteiger charge is 2.20. The van der Waals surface area contributed by atoms with Crippen molar-refractivity contribution in [2.45, 2.75) is 56.4 Å². The van der Waals surface area contributed by atoms with Crippen molar-refractivity contribution in [3.8, 4) is 11.5 Å². The molecule has 1 heterocycles. The van der Waals surface area contributed by atoms with E-state index in [1.807, 2.05) is 38.1 Å². The van der Waals surface area contributed by atoms with Crippen molar-refractivity contribution in [3.05, 3.63) is 29.8 Å². The Kier molecular flexibility index (Phi) is 6.13. The molecule has 0 unspecified atom stereocenters. The number of rotatable bonds is 6. The first-order valence-corrected chi connectivity index (χ1v) is 9.84. The van der Waals surface area contributed by atoms with E-state index in [9.17, 15) is 4.79 Å². The van der Waals surface area contributed by atoms with E-state index in [1.165, 1.54) is 49.4 Å². The first-order chi connectivity index (χ1) is 12.1. The summed E-state index contributed by atoms with van der Waals surface area (Å²) in [5.41, 5.74) is 2.07. The largest absolute Gasteiger partial charge is 0.411 e. The van der Waals surface area contributed by atoms with Crippen LogP contribution in [0.5, 0.6) is 0 Å². The minimum Gasteiger partial charge on any atom is -0.411 e. The van der Waals surface area contributed by atoms with Crippen molar-refractivity contribution < 1.29 is 9.21 Å². The number of benzene rings is 1. The molecule has 0 radical (unpaired) electrons. The Hall–Kier alpha value is -1.82. The van der Waals surface area contributed by atoms with Crippen LogP contribution in [0.1, 0.15) is 44.6 Å². The average molecular weight is 359 g/mol. The van der Waals surface area contributed by atoms with E-state index in [-0.39, 0.29) is 11.2 Å². The van der Waals surface area contributed by atoms with Gasteiger partial charge in [0.2, 0.25) is 11.8 Å². The molecule has 25 heavy (non-hydrogen) atoms. The summed E-state index contributed by atoms with van der Waals surface area (Å²) in [6.07, 6.45) is 6.36. The second kappa shape index (κ2) is 8.52. The van der Waals surface area contributed by atoms with Crippen LogP contribution in [-0.4, -0.2) is 27.9 Å². The second-order valence-electron chi connectivity index (χ2n) is 6.75. The summed E-state index contributed by atoms with van der Waals surface area (Å²) in [4.78, 5) is 12.3. The minimum atomic E-state index is -0.255. The predicted molar refractivity (Wildman–Crippen MR) is 99.4 cm³/mol. The number of nitrogens with zero attached hydrogens (tertiary/aromatic N) is 2. The third kappa shape index (κ3) is 5.08. The van der Waals surface area contributed by atoms with Crippen molar-refractivity contribution in [2.24, 2.45) is 5.92 Å². The van der Waals surface area contributed by atoms with E-state index in [4.69, 9.17) is 4.42 Å². The van der Waals surface area contributed by atoms with Gasteiger partial charge in [-0.2, -0.15) is 0 Å². The quantitative estimate of drug-likeness (QED) is 0.782. The van der Waals surface area contributed by atoms with Gasteiger partial charge in [-0.1, -0.05) is 48.7 Å². The van der Waals surface area contributed by atoms with Crippen molar-refractivity contribution in [3.63, 3.8) is 0 Å². The van der Waals surface area contributed by atoms with Gasteiger partial charge in [0.15, 0.2) is 0 Å². The maximum atomic E-state index is 12.3. The van der Waals surface area contributed by atoms with Crippen LogP contribution in [-0.2, 0) is 4.79 Å². The summed E-state index contributed by atoms with van der Waals surface area (Å²) >= 11 is 1.30. The lowest BCUT2D eigenvalue weighted by Crippen LogP contribution is -2.35. The molecule has 0 bridgehead atoms. The number of aryl methyl sites for hydroxylation is 1. The fourth-order valence-electron chi connectivity index (χ4n) is 3.05. The zero-order valence-corrected chi connectivity index (χ0v) is 15.6. The molecule has 1 N–H and O–H groups in total. The molecule has 6 heteroatoms. The lowest BCUT2D eigenvalue weighted by atomic mass is 9.89. The fraction of sp³-hybridized carbons (Fsp3) is 0.526. The van der Waals surface area contributed by atoms with Crippen LogP contribution in [0.3, 0.4) is 0 Å². The molecule has 0 spiro atoms. The Labute approximate surface area is 153 Å². The first-order valence-electron chi connectivity index (χ1n) is 8.97. The molecule has 0 saturated heterocycles. The zero-order valence-electron chi connectivity index (χ0n) is 14.8. The van der Waals surface area contributed by atoms with Gasteiger partial charge in [-0.3, -0.25) is 4.79 Å². The maximum Gasteiger partial charge on any atom is 0.277 e. The Morgan fingerprint density at radius 1 is 1.24 bits per heavy atom. The third-order valence-corrected chi connectivity index (χ3v) is 5.58. The van der Waals surface area contributed by atoms with E-state index < -0.39 is 0 Å². The molecule has 1 saturated carbocycles. The van der Waals surface area contributed by atoms with Gasteiger partial charge in [0, 0.05) is 12.1 Å². The summed E-state index contributed by atoms with van der Waals surface area (Å²) < 4.78 is 5.69. The lowest BCUT2D eigenvalue weighted by Gasteiger charge is -2.22. The van der Waals surface area contributed by atoms with Gasteiger partial charge in [-0.25, -0.2) is 0 Å². The molecule has 1 fully saturated rings. The van der Waals surface area contributed by atoms with Crippen molar-refractivity contribution >= 4 is 17.7 Å². The van der Waals surface area contributed by atoms with Crippen LogP contribution in [0, 0.1) is 12.8 Å². The highest BCUT2D eigenvalue weighted by atomic mass is 32.2. The molecule has 1 aromatic heterocycles. The standard InChI is InChI=1S/C19H25N3O2S/c1-13-8-10-16(11-9-13)18-21-22-19(24-18)25-14(2)17(23)20-12-15-6-4-3-5-7-15/h8-11,14-15H,3-7,12H2,1-2H3,(H,20,23)/t14-/m1/s1. The van der Waals surface area contributed by atoms with E-state index in [2.05, 4.69) is 15.5 Å². The van der Waals surface area contributed by atoms with Crippen LogP contribution in [0.2, 0.25) is 0 Å². The fourth-order valence-corrected chi connectivity index (χ4v) is 3.76. The van der Waals surface area contributed by atoms with Gasteiger partial charge < -0.3 is 9.73 Å². The Bertz CT molecular complexity index is 693. The number of hydrogen-bond acceptors (Lipinski definition) is 5. The van der Waals surface area contributed by atoms with Gasteiger partial charge in [0.1, 0.15) is 0 Å². The average Bonchev–Trinajstić information content (AvgIpc) is 3.09. The van der Waals surface area contributed by atoms with E-state index in [1.54, 1.807) is 0 Å². The van der Waals surface area contributed by atoms with Crippen molar-refractivity contribution in [1.82, 2.24) is 15.5 Å². The number of amides is 1. The molecular weight excluding hydrogens is 334 g/mol. The predicted octanol–water partition coefficient (Wildman–Crippen LogP) is 4.22. The molecule has 1 atom stereocenters. The van der Waals surface area contributed by atoms with Crippen molar-refractivity contribution in [1.29, 1.82) is 0 Å². The van der Waals surface area contributed by atoms with Gasteiger partial charge in [-0.05, 0) is 44.7 Å². The zero-order chi connectivity index (χ0) is 17.6. The normalized spacial score (nSPS) is 16.6.